The minimum atomic E-state index is -0.819. The molecule has 0 aliphatic carbocycles. The lowest BCUT2D eigenvalue weighted by molar-refractivity contribution is -0.341. The van der Waals surface area contributed by atoms with Gasteiger partial charge in [-0.25, -0.2) is 4.99 Å². The van der Waals surface area contributed by atoms with Crippen LogP contribution in [0.15, 0.2) is 9.98 Å². The summed E-state index contributed by atoms with van der Waals surface area (Å²) in [6, 6.07) is 0. The number of guanidine groups is 2. The van der Waals surface area contributed by atoms with Crippen LogP contribution in [-0.2, 0) is 23.7 Å². The van der Waals surface area contributed by atoms with Gasteiger partial charge < -0.3 is 40.9 Å². The third-order valence-corrected chi connectivity index (χ3v) is 3.93. The molecule has 24 heavy (non-hydrogen) atoms. The van der Waals surface area contributed by atoms with Crippen LogP contribution in [-0.4, -0.2) is 60.7 Å². The number of nitrogens with zero attached hydrogens (tertiary/aromatic N) is 2. The summed E-state index contributed by atoms with van der Waals surface area (Å²) >= 11 is 0. The number of rotatable bonds is 2. The molecule has 0 amide bonds. The van der Waals surface area contributed by atoms with Crippen LogP contribution in [0.25, 0.3) is 0 Å². The minimum absolute atomic E-state index is 0.0220. The Balaban J connectivity index is 1.76. The van der Waals surface area contributed by atoms with Gasteiger partial charge in [-0.1, -0.05) is 0 Å². The lowest BCUT2D eigenvalue weighted by Gasteiger charge is -2.43. The Kier molecular flexibility index (Phi) is 4.21. The summed E-state index contributed by atoms with van der Waals surface area (Å²) < 4.78 is 29.6. The van der Waals surface area contributed by atoms with Crippen molar-refractivity contribution < 1.29 is 23.7 Å². The average Bonchev–Trinajstić information content (AvgIpc) is 2.87. The highest BCUT2D eigenvalue weighted by atomic mass is 16.9. The topological polar surface area (TPSA) is 149 Å². The maximum Gasteiger partial charge on any atom is 0.218 e. The highest BCUT2D eigenvalue weighted by Crippen LogP contribution is 2.44. The van der Waals surface area contributed by atoms with E-state index in [0.29, 0.717) is 0 Å². The van der Waals surface area contributed by atoms with Gasteiger partial charge in [-0.2, -0.15) is 4.99 Å². The van der Waals surface area contributed by atoms with E-state index >= 15 is 0 Å². The standard InChI is InChI=1S/C14H25N5O5/c1-13(2)21-6(5-18-12(17)19-11(15)16)7-8(22-13)9-10(20-7)24-14(3,4)23-9/h6-10H,5H2,1-4H3,(H6,15,16,17,18,19)/t6-,7?,8?,9-,10-/m1/s1. The van der Waals surface area contributed by atoms with Gasteiger partial charge in [-0.15, -0.1) is 0 Å². The van der Waals surface area contributed by atoms with Gasteiger partial charge in [0.15, 0.2) is 23.8 Å². The predicted octanol–water partition coefficient (Wildman–Crippen LogP) is -1.03. The minimum Gasteiger partial charge on any atom is -0.370 e. The highest BCUT2D eigenvalue weighted by Gasteiger charge is 2.61. The number of fused-ring (bicyclic) bond motifs is 3. The molecule has 3 aliphatic heterocycles. The summed E-state index contributed by atoms with van der Waals surface area (Å²) in [7, 11) is 0. The maximum absolute atomic E-state index is 6.01. The first-order valence-electron chi connectivity index (χ1n) is 7.83. The Bertz CT molecular complexity index is 560. The Labute approximate surface area is 140 Å². The Morgan fingerprint density at radius 3 is 2.17 bits per heavy atom. The van der Waals surface area contributed by atoms with E-state index in [1.54, 1.807) is 0 Å². The summed E-state index contributed by atoms with van der Waals surface area (Å²) in [6.45, 7) is 7.55. The molecule has 3 saturated heterocycles. The average molecular weight is 343 g/mol. The number of nitrogens with two attached hydrogens (primary N) is 3. The molecular weight excluding hydrogens is 318 g/mol. The van der Waals surface area contributed by atoms with Crippen molar-refractivity contribution in [2.75, 3.05) is 6.54 Å². The van der Waals surface area contributed by atoms with Gasteiger partial charge >= 0.3 is 0 Å². The Morgan fingerprint density at radius 2 is 1.50 bits per heavy atom. The van der Waals surface area contributed by atoms with Gasteiger partial charge in [0, 0.05) is 0 Å². The van der Waals surface area contributed by atoms with E-state index in [1.807, 2.05) is 27.7 Å². The SMILES string of the molecule is CC1(C)O[C@H]2OC3C(OC(C)(C)O[C@@H]3CN=C(N)N=C(N)N)[C@H]2O1. The summed E-state index contributed by atoms with van der Waals surface area (Å²) in [5, 5.41) is 0. The molecule has 0 aromatic rings. The number of hydrogen-bond donors (Lipinski definition) is 3. The molecule has 3 fully saturated rings. The molecule has 0 saturated carbocycles. The summed E-state index contributed by atoms with van der Waals surface area (Å²) in [6.07, 6.45) is -1.94. The van der Waals surface area contributed by atoms with Crippen molar-refractivity contribution in [2.45, 2.75) is 70.0 Å². The van der Waals surface area contributed by atoms with Gasteiger partial charge in [-0.05, 0) is 27.7 Å². The van der Waals surface area contributed by atoms with E-state index in [2.05, 4.69) is 9.98 Å². The molecule has 3 rings (SSSR count). The second kappa shape index (κ2) is 5.81. The third kappa shape index (κ3) is 3.47. The number of aliphatic imine (C=N–C) groups is 2. The van der Waals surface area contributed by atoms with Crippen molar-refractivity contribution in [3.63, 3.8) is 0 Å². The molecule has 10 nitrogen and oxygen atoms in total. The monoisotopic (exact) mass is 343 g/mol. The van der Waals surface area contributed by atoms with E-state index in [0.717, 1.165) is 0 Å². The van der Waals surface area contributed by atoms with E-state index in [1.165, 1.54) is 0 Å². The molecule has 0 aromatic carbocycles. The van der Waals surface area contributed by atoms with Gasteiger partial charge in [0.1, 0.15) is 24.4 Å². The predicted molar refractivity (Wildman–Crippen MR) is 84.8 cm³/mol. The first-order chi connectivity index (χ1) is 11.1. The fraction of sp³-hybridized carbons (Fsp3) is 0.857. The summed E-state index contributed by atoms with van der Waals surface area (Å²) in [5.41, 5.74) is 16.2. The maximum atomic E-state index is 6.01. The first-order valence-corrected chi connectivity index (χ1v) is 7.83. The molecule has 5 atom stereocenters. The Morgan fingerprint density at radius 1 is 0.875 bits per heavy atom. The van der Waals surface area contributed by atoms with Crippen LogP contribution in [0.3, 0.4) is 0 Å². The zero-order valence-electron chi connectivity index (χ0n) is 14.3. The van der Waals surface area contributed by atoms with Crippen molar-refractivity contribution in [2.24, 2.45) is 27.2 Å². The van der Waals surface area contributed by atoms with E-state index in [9.17, 15) is 0 Å². The van der Waals surface area contributed by atoms with Crippen molar-refractivity contribution in [1.82, 2.24) is 0 Å². The molecule has 10 heteroatoms. The van der Waals surface area contributed by atoms with Gasteiger partial charge in [0.05, 0.1) is 6.54 Å². The molecular formula is C14H25N5O5. The molecule has 2 unspecified atom stereocenters. The smallest absolute Gasteiger partial charge is 0.218 e. The van der Waals surface area contributed by atoms with Crippen LogP contribution in [0.2, 0.25) is 0 Å². The van der Waals surface area contributed by atoms with Crippen LogP contribution in [0, 0.1) is 0 Å². The summed E-state index contributed by atoms with van der Waals surface area (Å²) in [4.78, 5) is 7.82. The molecule has 3 heterocycles. The van der Waals surface area contributed by atoms with Gasteiger partial charge in [-0.3, -0.25) is 0 Å². The van der Waals surface area contributed by atoms with E-state index in [-0.39, 0.29) is 36.8 Å². The zero-order valence-corrected chi connectivity index (χ0v) is 14.3. The molecule has 136 valence electrons. The van der Waals surface area contributed by atoms with E-state index < -0.39 is 24.0 Å². The van der Waals surface area contributed by atoms with Crippen molar-refractivity contribution in [3.05, 3.63) is 0 Å². The summed E-state index contributed by atoms with van der Waals surface area (Å²) in [5.74, 6) is -1.71. The van der Waals surface area contributed by atoms with Crippen LogP contribution in [0.4, 0.5) is 0 Å². The third-order valence-electron chi connectivity index (χ3n) is 3.93. The lowest BCUT2D eigenvalue weighted by Crippen LogP contribution is -2.56. The fourth-order valence-electron chi connectivity index (χ4n) is 3.22. The number of ether oxygens (including phenoxy) is 5. The van der Waals surface area contributed by atoms with Crippen molar-refractivity contribution >= 4 is 11.9 Å². The second-order valence-electron chi connectivity index (χ2n) is 6.94. The normalized spacial score (nSPS) is 40.0. The second-order valence-corrected chi connectivity index (χ2v) is 6.94. The molecule has 0 bridgehead atoms. The lowest BCUT2D eigenvalue weighted by atomic mass is 10.0. The molecule has 6 N–H and O–H groups in total. The van der Waals surface area contributed by atoms with E-state index in [4.69, 9.17) is 40.9 Å². The fourth-order valence-corrected chi connectivity index (χ4v) is 3.22. The van der Waals surface area contributed by atoms with Gasteiger partial charge in [0.25, 0.3) is 0 Å². The van der Waals surface area contributed by atoms with Gasteiger partial charge in [0.2, 0.25) is 5.96 Å². The van der Waals surface area contributed by atoms with Crippen LogP contribution < -0.4 is 17.2 Å². The largest absolute Gasteiger partial charge is 0.370 e. The number of hydrogen-bond acceptors (Lipinski definition) is 6. The first kappa shape index (κ1) is 17.4. The molecule has 0 spiro atoms. The van der Waals surface area contributed by atoms with Crippen molar-refractivity contribution in [3.8, 4) is 0 Å². The van der Waals surface area contributed by atoms with Crippen molar-refractivity contribution in [1.29, 1.82) is 0 Å². The highest BCUT2D eigenvalue weighted by molar-refractivity contribution is 5.92. The van der Waals surface area contributed by atoms with Crippen LogP contribution in [0.1, 0.15) is 27.7 Å². The van der Waals surface area contributed by atoms with Crippen LogP contribution in [0.5, 0.6) is 0 Å². The molecule has 3 aliphatic rings. The molecule has 0 radical (unpaired) electrons. The zero-order chi connectivity index (χ0) is 17.7. The van der Waals surface area contributed by atoms with Crippen LogP contribution >= 0.6 is 0 Å². The Hall–Kier alpha value is -1.46. The quantitative estimate of drug-likeness (QED) is 0.426. The molecule has 0 aromatic heterocycles.